The number of ether oxygens (including phenoxy) is 2. The van der Waals surface area contributed by atoms with E-state index in [-0.39, 0.29) is 18.3 Å². The molecule has 0 saturated heterocycles. The van der Waals surface area contributed by atoms with Crippen LogP contribution in [0.3, 0.4) is 0 Å². The molecule has 0 fully saturated rings. The standard InChI is InChI=1S/C18H17F3N2O4/c1-26-10-16(24)22-13-5-7-14(8-6-13)23-17(25)11-27-15-4-2-3-12(9-15)18(19,20)21/h2-9H,10-11H2,1H3,(H,22,24)(H,23,25). The maximum atomic E-state index is 12.6. The van der Waals surface area contributed by atoms with Gasteiger partial charge in [-0.15, -0.1) is 0 Å². The molecule has 0 saturated carbocycles. The minimum absolute atomic E-state index is 0.0591. The number of hydrogen-bond donors (Lipinski definition) is 2. The van der Waals surface area contributed by atoms with E-state index in [4.69, 9.17) is 9.47 Å². The minimum atomic E-state index is -4.48. The number of hydrogen-bond acceptors (Lipinski definition) is 4. The molecule has 0 heterocycles. The van der Waals surface area contributed by atoms with E-state index < -0.39 is 24.3 Å². The zero-order chi connectivity index (χ0) is 19.9. The van der Waals surface area contributed by atoms with E-state index in [0.717, 1.165) is 12.1 Å². The van der Waals surface area contributed by atoms with Crippen molar-refractivity contribution in [3.05, 3.63) is 54.1 Å². The maximum absolute atomic E-state index is 12.6. The summed E-state index contributed by atoms with van der Waals surface area (Å²) >= 11 is 0. The average molecular weight is 382 g/mol. The third-order valence-electron chi connectivity index (χ3n) is 3.26. The van der Waals surface area contributed by atoms with Crippen LogP contribution in [0.4, 0.5) is 24.5 Å². The molecule has 0 bridgehead atoms. The van der Waals surface area contributed by atoms with Crippen molar-refractivity contribution in [2.75, 3.05) is 31.0 Å². The zero-order valence-electron chi connectivity index (χ0n) is 14.3. The molecule has 2 aromatic rings. The first-order chi connectivity index (χ1) is 12.8. The highest BCUT2D eigenvalue weighted by molar-refractivity contribution is 5.93. The molecular weight excluding hydrogens is 365 g/mol. The van der Waals surface area contributed by atoms with Crippen molar-refractivity contribution >= 4 is 23.2 Å². The Morgan fingerprint density at radius 3 is 2.00 bits per heavy atom. The van der Waals surface area contributed by atoms with Gasteiger partial charge in [0.25, 0.3) is 5.91 Å². The molecule has 0 radical (unpaired) electrons. The van der Waals surface area contributed by atoms with Gasteiger partial charge in [0.2, 0.25) is 5.91 Å². The van der Waals surface area contributed by atoms with Gasteiger partial charge in [-0.25, -0.2) is 0 Å². The van der Waals surface area contributed by atoms with Gasteiger partial charge in [-0.2, -0.15) is 13.2 Å². The number of alkyl halides is 3. The zero-order valence-corrected chi connectivity index (χ0v) is 14.3. The van der Waals surface area contributed by atoms with Crippen LogP contribution in [0.15, 0.2) is 48.5 Å². The summed E-state index contributed by atoms with van der Waals surface area (Å²) in [6.07, 6.45) is -4.48. The van der Waals surface area contributed by atoms with Crippen LogP contribution in [0.25, 0.3) is 0 Å². The Labute approximate surface area is 153 Å². The molecule has 2 amide bonds. The Balaban J connectivity index is 1.86. The number of nitrogens with one attached hydrogen (secondary N) is 2. The van der Waals surface area contributed by atoms with Crippen LogP contribution in [0.1, 0.15) is 5.56 Å². The Kier molecular flexibility index (Phi) is 6.78. The number of carbonyl (C=O) groups excluding carboxylic acids is 2. The lowest BCUT2D eigenvalue weighted by Gasteiger charge is -2.11. The Bertz CT molecular complexity index is 792. The summed E-state index contributed by atoms with van der Waals surface area (Å²) in [6, 6.07) is 10.6. The summed E-state index contributed by atoms with van der Waals surface area (Å²) in [5.41, 5.74) is 0.110. The van der Waals surface area contributed by atoms with E-state index in [1.165, 1.54) is 19.2 Å². The summed E-state index contributed by atoms with van der Waals surface area (Å²) in [4.78, 5) is 23.3. The first-order valence-electron chi connectivity index (χ1n) is 7.76. The number of rotatable bonds is 7. The third-order valence-corrected chi connectivity index (χ3v) is 3.26. The second-order valence-electron chi connectivity index (χ2n) is 5.42. The number of amides is 2. The van der Waals surface area contributed by atoms with Gasteiger partial charge in [-0.1, -0.05) is 6.07 Å². The van der Waals surface area contributed by atoms with Gasteiger partial charge in [0.05, 0.1) is 5.56 Å². The van der Waals surface area contributed by atoms with Crippen molar-refractivity contribution < 1.29 is 32.2 Å². The average Bonchev–Trinajstić information content (AvgIpc) is 2.61. The molecule has 0 unspecified atom stereocenters. The molecule has 0 spiro atoms. The van der Waals surface area contributed by atoms with Gasteiger partial charge in [0.1, 0.15) is 12.4 Å². The molecule has 0 aliphatic carbocycles. The minimum Gasteiger partial charge on any atom is -0.484 e. The van der Waals surface area contributed by atoms with Crippen molar-refractivity contribution in [2.24, 2.45) is 0 Å². The van der Waals surface area contributed by atoms with Gasteiger partial charge in [0.15, 0.2) is 6.61 Å². The summed E-state index contributed by atoms with van der Waals surface area (Å²) in [6.45, 7) is -0.529. The van der Waals surface area contributed by atoms with E-state index >= 15 is 0 Å². The second-order valence-corrected chi connectivity index (χ2v) is 5.42. The van der Waals surface area contributed by atoms with Crippen LogP contribution in [-0.4, -0.2) is 32.1 Å². The summed E-state index contributed by atoms with van der Waals surface area (Å²) < 4.78 is 47.7. The first-order valence-corrected chi connectivity index (χ1v) is 7.76. The van der Waals surface area contributed by atoms with Crippen LogP contribution >= 0.6 is 0 Å². The highest BCUT2D eigenvalue weighted by atomic mass is 19.4. The third kappa shape index (κ3) is 6.63. The first kappa shape index (κ1) is 20.2. The topological polar surface area (TPSA) is 76.7 Å². The Morgan fingerprint density at radius 2 is 1.48 bits per heavy atom. The van der Waals surface area contributed by atoms with Gasteiger partial charge < -0.3 is 20.1 Å². The van der Waals surface area contributed by atoms with E-state index in [0.29, 0.717) is 11.4 Å². The SMILES string of the molecule is COCC(=O)Nc1ccc(NC(=O)COc2cccc(C(F)(F)F)c2)cc1. The molecular formula is C18H17F3N2O4. The molecule has 144 valence electrons. The number of halogens is 3. The molecule has 27 heavy (non-hydrogen) atoms. The number of methoxy groups -OCH3 is 1. The van der Waals surface area contributed by atoms with Gasteiger partial charge in [-0.05, 0) is 42.5 Å². The quantitative estimate of drug-likeness (QED) is 0.770. The molecule has 2 N–H and O–H groups in total. The van der Waals surface area contributed by atoms with Crippen LogP contribution in [0, 0.1) is 0 Å². The van der Waals surface area contributed by atoms with Crippen molar-refractivity contribution in [3.8, 4) is 5.75 Å². The molecule has 2 rings (SSSR count). The predicted octanol–water partition coefficient (Wildman–Crippen LogP) is 3.31. The van der Waals surface area contributed by atoms with E-state index in [1.807, 2.05) is 0 Å². The maximum Gasteiger partial charge on any atom is 0.416 e. The van der Waals surface area contributed by atoms with Crippen molar-refractivity contribution in [2.45, 2.75) is 6.18 Å². The highest BCUT2D eigenvalue weighted by Gasteiger charge is 2.30. The van der Waals surface area contributed by atoms with Gasteiger partial charge in [0, 0.05) is 18.5 Å². The fourth-order valence-corrected chi connectivity index (χ4v) is 2.07. The molecule has 0 aliphatic heterocycles. The molecule has 0 aromatic heterocycles. The Hall–Kier alpha value is -3.07. The fraction of sp³-hybridized carbons (Fsp3) is 0.222. The lowest BCUT2D eigenvalue weighted by atomic mass is 10.2. The normalized spacial score (nSPS) is 11.0. The number of carbonyl (C=O) groups is 2. The highest BCUT2D eigenvalue weighted by Crippen LogP contribution is 2.31. The van der Waals surface area contributed by atoms with E-state index in [9.17, 15) is 22.8 Å². The monoisotopic (exact) mass is 382 g/mol. The molecule has 0 aliphatic rings. The van der Waals surface area contributed by atoms with Gasteiger partial charge in [-0.3, -0.25) is 9.59 Å². The lowest BCUT2D eigenvalue weighted by molar-refractivity contribution is -0.137. The van der Waals surface area contributed by atoms with Crippen LogP contribution in [-0.2, 0) is 20.5 Å². The van der Waals surface area contributed by atoms with E-state index in [2.05, 4.69) is 10.6 Å². The lowest BCUT2D eigenvalue weighted by Crippen LogP contribution is -2.20. The summed E-state index contributed by atoms with van der Waals surface area (Å²) in [5.74, 6) is -0.913. The van der Waals surface area contributed by atoms with Gasteiger partial charge >= 0.3 is 6.18 Å². The van der Waals surface area contributed by atoms with Crippen molar-refractivity contribution in [1.82, 2.24) is 0 Å². The van der Waals surface area contributed by atoms with E-state index in [1.54, 1.807) is 24.3 Å². The molecule has 0 atom stereocenters. The summed E-state index contributed by atoms with van der Waals surface area (Å²) in [5, 5.41) is 5.13. The molecule has 2 aromatic carbocycles. The number of anilines is 2. The van der Waals surface area contributed by atoms with Crippen LogP contribution in [0.2, 0.25) is 0 Å². The number of benzene rings is 2. The predicted molar refractivity (Wildman–Crippen MR) is 92.5 cm³/mol. The fourth-order valence-electron chi connectivity index (χ4n) is 2.07. The summed E-state index contributed by atoms with van der Waals surface area (Å²) in [7, 11) is 1.40. The molecule has 9 heteroatoms. The van der Waals surface area contributed by atoms with Crippen LogP contribution < -0.4 is 15.4 Å². The van der Waals surface area contributed by atoms with Crippen molar-refractivity contribution in [3.63, 3.8) is 0 Å². The smallest absolute Gasteiger partial charge is 0.416 e. The van der Waals surface area contributed by atoms with Crippen LogP contribution in [0.5, 0.6) is 5.75 Å². The van der Waals surface area contributed by atoms with Crippen molar-refractivity contribution in [1.29, 1.82) is 0 Å². The molecule has 6 nitrogen and oxygen atoms in total. The second kappa shape index (κ2) is 9.04. The Morgan fingerprint density at radius 1 is 0.926 bits per heavy atom. The largest absolute Gasteiger partial charge is 0.484 e.